The van der Waals surface area contributed by atoms with E-state index in [1.165, 1.54) is 59.8 Å². The average molecular weight is 763 g/mol. The van der Waals surface area contributed by atoms with Crippen molar-refractivity contribution >= 4 is 62.3 Å². The average Bonchev–Trinajstić information content (AvgIpc) is 3.61. The van der Waals surface area contributed by atoms with Crippen molar-refractivity contribution in [3.05, 3.63) is 240 Å². The molecule has 5 heteroatoms. The molecule has 0 saturated heterocycles. The highest BCUT2D eigenvalue weighted by Crippen LogP contribution is 2.63. The fraction of sp³-hybridized carbons (Fsp3) is 0.0377. The molecule has 2 aliphatic heterocycles. The van der Waals surface area contributed by atoms with Crippen LogP contribution in [0.5, 0.6) is 0 Å². The van der Waals surface area contributed by atoms with Crippen LogP contribution < -0.4 is 10.6 Å². The van der Waals surface area contributed by atoms with Gasteiger partial charge in [0, 0.05) is 31.8 Å². The molecule has 0 saturated carbocycles. The van der Waals surface area contributed by atoms with E-state index in [0.29, 0.717) is 12.3 Å². The predicted molar refractivity (Wildman–Crippen MR) is 242 cm³/mol. The third kappa shape index (κ3) is 5.28. The molecule has 0 aliphatic carbocycles. The normalized spacial score (nSPS) is 14.2. The Morgan fingerprint density at radius 2 is 1.12 bits per heavy atom. The summed E-state index contributed by atoms with van der Waals surface area (Å²) in [5, 5.41) is 2.35. The minimum Gasteiger partial charge on any atom is -0.383 e. The zero-order chi connectivity index (χ0) is 38.6. The summed E-state index contributed by atoms with van der Waals surface area (Å²) in [6.45, 7) is 0. The van der Waals surface area contributed by atoms with Gasteiger partial charge in [-0.3, -0.25) is 4.57 Å². The van der Waals surface area contributed by atoms with Crippen molar-refractivity contribution in [1.29, 1.82) is 0 Å². The van der Waals surface area contributed by atoms with Crippen LogP contribution in [0.3, 0.4) is 0 Å². The number of benzene rings is 8. The molecule has 3 heterocycles. The number of nitrogens with zero attached hydrogens (tertiary/aromatic N) is 3. The van der Waals surface area contributed by atoms with E-state index in [2.05, 4.69) is 185 Å². The highest BCUT2D eigenvalue weighted by atomic mass is 32.2. The lowest BCUT2D eigenvalue weighted by Crippen LogP contribution is -2.39. The fourth-order valence-corrected chi connectivity index (χ4v) is 10.5. The van der Waals surface area contributed by atoms with E-state index >= 15 is 0 Å². The van der Waals surface area contributed by atoms with Gasteiger partial charge in [0.1, 0.15) is 11.7 Å². The molecule has 276 valence electrons. The lowest BCUT2D eigenvalue weighted by atomic mass is 9.62. The number of fused-ring (bicyclic) bond motifs is 11. The number of nitrogens with two attached hydrogens (primary N) is 1. The number of allylic oxidation sites excluding steroid dienone is 1. The van der Waals surface area contributed by atoms with Crippen molar-refractivity contribution in [2.45, 2.75) is 21.6 Å². The molecule has 11 rings (SSSR count). The Morgan fingerprint density at radius 1 is 0.534 bits per heavy atom. The number of para-hydroxylation sites is 4. The highest BCUT2D eigenvalue weighted by Gasteiger charge is 2.50. The van der Waals surface area contributed by atoms with Gasteiger partial charge in [-0.2, -0.15) is 0 Å². The van der Waals surface area contributed by atoms with Crippen molar-refractivity contribution in [3.63, 3.8) is 0 Å². The quantitative estimate of drug-likeness (QED) is 0.136. The molecule has 1 aromatic heterocycles. The molecule has 0 amide bonds. The van der Waals surface area contributed by atoms with E-state index in [0.717, 1.165) is 28.1 Å². The summed E-state index contributed by atoms with van der Waals surface area (Å²) >= 11 is 1.87. The van der Waals surface area contributed by atoms with Gasteiger partial charge in [0.2, 0.25) is 0 Å². The van der Waals surface area contributed by atoms with Crippen molar-refractivity contribution in [2.75, 3.05) is 4.90 Å². The van der Waals surface area contributed by atoms with E-state index in [4.69, 9.17) is 10.7 Å². The molecule has 9 aromatic rings. The summed E-state index contributed by atoms with van der Waals surface area (Å²) in [7, 11) is 0. The van der Waals surface area contributed by atoms with Crippen LogP contribution in [0.2, 0.25) is 0 Å². The van der Waals surface area contributed by atoms with E-state index in [9.17, 15) is 0 Å². The minimum atomic E-state index is -0.620. The molecule has 0 radical (unpaired) electrons. The second kappa shape index (κ2) is 13.8. The van der Waals surface area contributed by atoms with E-state index in [1.807, 2.05) is 42.1 Å². The van der Waals surface area contributed by atoms with E-state index in [-0.39, 0.29) is 0 Å². The first-order valence-corrected chi connectivity index (χ1v) is 20.5. The van der Waals surface area contributed by atoms with Gasteiger partial charge in [0.25, 0.3) is 0 Å². The number of hydrogen-bond donors (Lipinski definition) is 1. The van der Waals surface area contributed by atoms with Crippen LogP contribution in [0.4, 0.5) is 17.1 Å². The molecule has 4 nitrogen and oxygen atoms in total. The lowest BCUT2D eigenvalue weighted by molar-refractivity contribution is 0.693. The first-order chi connectivity index (χ1) is 28.7. The molecule has 8 aromatic carbocycles. The van der Waals surface area contributed by atoms with Crippen LogP contribution in [0.25, 0.3) is 27.6 Å². The molecular formula is C53H38N4S. The van der Waals surface area contributed by atoms with Crippen molar-refractivity contribution in [1.82, 2.24) is 4.57 Å². The van der Waals surface area contributed by atoms with Gasteiger partial charge >= 0.3 is 0 Å². The number of rotatable bonds is 6. The largest absolute Gasteiger partial charge is 0.383 e. The highest BCUT2D eigenvalue weighted by molar-refractivity contribution is 7.99. The smallest absolute Gasteiger partial charge is 0.136 e. The van der Waals surface area contributed by atoms with Gasteiger partial charge in [-0.05, 0) is 88.8 Å². The Labute approximate surface area is 342 Å². The molecule has 58 heavy (non-hydrogen) atoms. The van der Waals surface area contributed by atoms with Crippen molar-refractivity contribution in [2.24, 2.45) is 10.7 Å². The van der Waals surface area contributed by atoms with Crippen molar-refractivity contribution < 1.29 is 0 Å². The topological polar surface area (TPSA) is 46.5 Å². The fourth-order valence-electron chi connectivity index (χ4n) is 9.24. The van der Waals surface area contributed by atoms with Gasteiger partial charge in [-0.1, -0.05) is 163 Å². The molecule has 0 fully saturated rings. The second-order valence-corrected chi connectivity index (χ2v) is 16.0. The van der Waals surface area contributed by atoms with Gasteiger partial charge in [0.15, 0.2) is 0 Å². The zero-order valence-electron chi connectivity index (χ0n) is 31.7. The molecule has 0 unspecified atom stereocenters. The Morgan fingerprint density at radius 3 is 1.84 bits per heavy atom. The van der Waals surface area contributed by atoms with E-state index in [1.54, 1.807) is 0 Å². The van der Waals surface area contributed by atoms with Gasteiger partial charge in [-0.15, -0.1) is 0 Å². The van der Waals surface area contributed by atoms with Crippen molar-refractivity contribution in [3.8, 4) is 0 Å². The third-order valence-electron chi connectivity index (χ3n) is 11.7. The number of aromatic nitrogens is 1. The summed E-state index contributed by atoms with van der Waals surface area (Å²) in [6.07, 6.45) is 2.92. The lowest BCUT2D eigenvalue weighted by Gasteiger charge is -2.49. The first-order valence-electron chi connectivity index (χ1n) is 19.7. The SMILES string of the molecule is N/C(=N\C(=C/Cc1ccccc1)n1c2ccccc2c2cc3c(cc21)C1(c2ccccc2S3)c2ccccc2N(c2ccccc2)c2ccccc21)c1ccccc1. The standard InChI is InChI=1S/C53H38N4S/c54-52(37-20-6-2-7-21-37)55-51(33-32-36-18-4-1-5-19-36)57-45-28-14-10-24-39(45)40-34-50-44(35-48(40)57)53(43-27-13-17-31-49(43)58-50)41-25-11-15-29-46(41)56(38-22-8-3-9-23-38)47-30-16-12-26-42(47)53/h1-31,33-35H,32H2,(H2,54,55)/b51-33+. The van der Waals surface area contributed by atoms with E-state index < -0.39 is 5.41 Å². The second-order valence-electron chi connectivity index (χ2n) is 14.9. The Hall–Kier alpha value is -7.08. The summed E-state index contributed by atoms with van der Waals surface area (Å²) in [5.41, 5.74) is 19.0. The summed E-state index contributed by atoms with van der Waals surface area (Å²) in [5.74, 6) is 1.26. The minimum absolute atomic E-state index is 0.473. The number of hydrogen-bond acceptors (Lipinski definition) is 3. The molecule has 0 atom stereocenters. The maximum Gasteiger partial charge on any atom is 0.136 e. The monoisotopic (exact) mass is 762 g/mol. The van der Waals surface area contributed by atoms with Crippen LogP contribution in [-0.2, 0) is 11.8 Å². The van der Waals surface area contributed by atoms with Crippen LogP contribution in [0.15, 0.2) is 221 Å². The molecule has 0 bridgehead atoms. The Kier molecular flexibility index (Phi) is 8.16. The Balaban J connectivity index is 1.24. The van der Waals surface area contributed by atoms with Gasteiger partial charge in [0.05, 0.1) is 27.8 Å². The molecule has 2 N–H and O–H groups in total. The van der Waals surface area contributed by atoms with Gasteiger partial charge < -0.3 is 10.6 Å². The van der Waals surface area contributed by atoms with Crippen LogP contribution in [0, 0.1) is 0 Å². The molecule has 1 spiro atoms. The van der Waals surface area contributed by atoms with Crippen LogP contribution >= 0.6 is 11.8 Å². The Bertz CT molecular complexity index is 3030. The number of anilines is 3. The number of aliphatic imine (C=N–C) groups is 1. The maximum atomic E-state index is 6.89. The van der Waals surface area contributed by atoms with Gasteiger partial charge in [-0.25, -0.2) is 4.99 Å². The zero-order valence-corrected chi connectivity index (χ0v) is 32.5. The third-order valence-corrected chi connectivity index (χ3v) is 12.8. The summed E-state index contributed by atoms with van der Waals surface area (Å²) < 4.78 is 2.33. The first kappa shape index (κ1) is 34.2. The summed E-state index contributed by atoms with van der Waals surface area (Å²) in [6, 6.07) is 71.9. The molecule has 2 aliphatic rings. The predicted octanol–water partition coefficient (Wildman–Crippen LogP) is 12.9. The summed E-state index contributed by atoms with van der Waals surface area (Å²) in [4.78, 5) is 10.2. The maximum absolute atomic E-state index is 6.89. The van der Waals surface area contributed by atoms with Crippen LogP contribution in [-0.4, -0.2) is 10.4 Å². The number of amidine groups is 1. The molecular weight excluding hydrogens is 725 g/mol. The van der Waals surface area contributed by atoms with Crippen LogP contribution in [0.1, 0.15) is 33.4 Å².